The molecule has 0 saturated heterocycles. The lowest BCUT2D eigenvalue weighted by Crippen LogP contribution is -2.34. The van der Waals surface area contributed by atoms with Crippen molar-refractivity contribution < 1.29 is 22.5 Å². The highest BCUT2D eigenvalue weighted by Gasteiger charge is 2.30. The maximum atomic E-state index is 11.1. The van der Waals surface area contributed by atoms with Crippen LogP contribution in [-0.2, 0) is 19.6 Å². The monoisotopic (exact) mass is 253 g/mol. The summed E-state index contributed by atoms with van der Waals surface area (Å²) in [5.41, 5.74) is 0.187. The van der Waals surface area contributed by atoms with Gasteiger partial charge in [-0.3, -0.25) is 4.55 Å². The van der Waals surface area contributed by atoms with Crippen molar-refractivity contribution in [2.45, 2.75) is 38.5 Å². The summed E-state index contributed by atoms with van der Waals surface area (Å²) in [5.74, 6) is -0.662. The average Bonchev–Trinajstić information content (AvgIpc) is 2.01. The van der Waals surface area contributed by atoms with Crippen LogP contribution in [0.3, 0.4) is 0 Å². The second-order valence-corrected chi connectivity index (χ2v) is 4.99. The van der Waals surface area contributed by atoms with Crippen molar-refractivity contribution >= 4 is 16.1 Å². The summed E-state index contributed by atoms with van der Waals surface area (Å²) in [7, 11) is -4.19. The van der Waals surface area contributed by atoms with Crippen molar-refractivity contribution in [2.24, 2.45) is 0 Å². The van der Waals surface area contributed by atoms with E-state index in [1.54, 1.807) is 6.92 Å². The highest BCUT2D eigenvalue weighted by atomic mass is 32.2. The van der Waals surface area contributed by atoms with E-state index in [-0.39, 0.29) is 18.1 Å². The number of hydrogen-bond donors (Lipinski definition) is 2. The van der Waals surface area contributed by atoms with E-state index in [4.69, 9.17) is 9.29 Å². The quantitative estimate of drug-likeness (QED) is 0.433. The summed E-state index contributed by atoms with van der Waals surface area (Å²) in [4.78, 5) is 11.1. The van der Waals surface area contributed by atoms with Crippen molar-refractivity contribution in [1.29, 1.82) is 0 Å². The minimum Gasteiger partial charge on any atom is -0.458 e. The van der Waals surface area contributed by atoms with Crippen LogP contribution in [0.25, 0.3) is 0 Å². The topological polar surface area (TPSA) is 116 Å². The third kappa shape index (κ3) is 5.24. The zero-order valence-electron chi connectivity index (χ0n) is 9.76. The van der Waals surface area contributed by atoms with E-state index in [1.165, 1.54) is 13.8 Å². The molecule has 7 heteroatoms. The highest BCUT2D eigenvalue weighted by molar-refractivity contribution is 7.86. The molecule has 0 spiro atoms. The predicted molar refractivity (Wildman–Crippen MR) is 61.0 cm³/mol. The van der Waals surface area contributed by atoms with Gasteiger partial charge in [-0.1, -0.05) is 13.5 Å². The first kappa shape index (κ1) is 17.5. The maximum absolute atomic E-state index is 11.1. The summed E-state index contributed by atoms with van der Waals surface area (Å²) in [6, 6.07) is 0. The molecule has 2 atom stereocenters. The molecule has 2 unspecified atom stereocenters. The summed E-state index contributed by atoms with van der Waals surface area (Å²) in [6.07, 6.45) is -0.724. The average molecular weight is 253 g/mol. The third-order valence-corrected chi connectivity index (χ3v) is 3.43. The zero-order valence-corrected chi connectivity index (χ0v) is 10.6. The Kier molecular flexibility index (Phi) is 7.23. The Balaban J connectivity index is 0. The van der Waals surface area contributed by atoms with Gasteiger partial charge >= 0.3 is 5.97 Å². The van der Waals surface area contributed by atoms with Crippen LogP contribution in [0.2, 0.25) is 0 Å². The number of rotatable bonds is 5. The molecule has 0 aromatic carbocycles. The Morgan fingerprint density at radius 3 is 2.19 bits per heavy atom. The van der Waals surface area contributed by atoms with E-state index in [1.807, 2.05) is 0 Å². The van der Waals surface area contributed by atoms with Crippen molar-refractivity contribution in [2.75, 3.05) is 0 Å². The fourth-order valence-corrected chi connectivity index (χ4v) is 2.09. The molecule has 16 heavy (non-hydrogen) atoms. The van der Waals surface area contributed by atoms with Gasteiger partial charge < -0.3 is 10.9 Å². The van der Waals surface area contributed by atoms with Gasteiger partial charge in [0.15, 0.2) is 0 Å². The smallest absolute Gasteiger partial charge is 0.333 e. The fourth-order valence-electron chi connectivity index (χ4n) is 1.13. The highest BCUT2D eigenvalue weighted by Crippen LogP contribution is 2.13. The van der Waals surface area contributed by atoms with Crippen LogP contribution in [0.15, 0.2) is 12.2 Å². The fraction of sp³-hybridized carbons (Fsp3) is 0.667. The van der Waals surface area contributed by atoms with Gasteiger partial charge in [0.05, 0.1) is 0 Å². The van der Waals surface area contributed by atoms with Crippen LogP contribution in [0, 0.1) is 0 Å². The number of ether oxygens (including phenoxy) is 1. The molecule has 0 heterocycles. The molecule has 4 N–H and O–H groups in total. The van der Waals surface area contributed by atoms with E-state index in [0.29, 0.717) is 0 Å². The first-order valence-electron chi connectivity index (χ1n) is 4.53. The lowest BCUT2D eigenvalue weighted by Gasteiger charge is -2.20. The summed E-state index contributed by atoms with van der Waals surface area (Å²) >= 11 is 0. The van der Waals surface area contributed by atoms with Crippen LogP contribution in [-0.4, -0.2) is 30.3 Å². The van der Waals surface area contributed by atoms with E-state index in [0.717, 1.165) is 0 Å². The van der Waals surface area contributed by atoms with Crippen LogP contribution < -0.4 is 6.15 Å². The van der Waals surface area contributed by atoms with Crippen molar-refractivity contribution in [3.8, 4) is 0 Å². The van der Waals surface area contributed by atoms with Gasteiger partial charge in [-0.2, -0.15) is 8.42 Å². The second-order valence-electron chi connectivity index (χ2n) is 3.35. The van der Waals surface area contributed by atoms with Gasteiger partial charge in [0.25, 0.3) is 10.1 Å². The molecule has 0 fully saturated rings. The molecule has 96 valence electrons. The second kappa shape index (κ2) is 6.62. The maximum Gasteiger partial charge on any atom is 0.333 e. The SMILES string of the molecule is C=C(C)C(=O)OC(C)C(CC)S(=O)(=O)O.N. The standard InChI is InChI=1S/C9H16O5S.H3N/c1-5-8(15(11,12)13)7(4)14-9(10)6(2)3;/h7-8H,2,5H2,1,3-4H3,(H,11,12,13);1H3. The molecule has 0 amide bonds. The Hall–Kier alpha value is -0.920. The lowest BCUT2D eigenvalue weighted by atomic mass is 10.2. The van der Waals surface area contributed by atoms with Gasteiger partial charge in [-0.15, -0.1) is 0 Å². The van der Waals surface area contributed by atoms with E-state index in [2.05, 4.69) is 6.58 Å². The molecule has 0 saturated carbocycles. The Morgan fingerprint density at radius 2 is 1.94 bits per heavy atom. The van der Waals surface area contributed by atoms with Gasteiger partial charge in [0, 0.05) is 5.57 Å². The minimum absolute atomic E-state index is 0. The molecule has 0 aliphatic carbocycles. The summed E-state index contributed by atoms with van der Waals surface area (Å²) in [6.45, 7) is 7.84. The largest absolute Gasteiger partial charge is 0.458 e. The molecule has 0 aliphatic rings. The van der Waals surface area contributed by atoms with Crippen molar-refractivity contribution in [1.82, 2.24) is 6.15 Å². The van der Waals surface area contributed by atoms with Gasteiger partial charge in [0.2, 0.25) is 0 Å². The number of carbonyl (C=O) groups excluding carboxylic acids is 1. The molecule has 0 aromatic rings. The first-order valence-corrected chi connectivity index (χ1v) is 6.03. The van der Waals surface area contributed by atoms with Crippen LogP contribution in [0.4, 0.5) is 0 Å². The molecule has 0 rings (SSSR count). The van der Waals surface area contributed by atoms with Crippen LogP contribution in [0.1, 0.15) is 27.2 Å². The molecule has 6 nitrogen and oxygen atoms in total. The molecular weight excluding hydrogens is 234 g/mol. The number of hydrogen-bond acceptors (Lipinski definition) is 5. The predicted octanol–water partition coefficient (Wildman–Crippen LogP) is 1.32. The molecule has 0 radical (unpaired) electrons. The summed E-state index contributed by atoms with van der Waals surface area (Å²) in [5, 5.41) is -1.10. The molecular formula is C9H19NO5S. The first-order chi connectivity index (χ1) is 6.70. The van der Waals surface area contributed by atoms with Gasteiger partial charge in [0.1, 0.15) is 11.4 Å². The van der Waals surface area contributed by atoms with Gasteiger partial charge in [-0.05, 0) is 20.3 Å². The zero-order chi connectivity index (χ0) is 12.2. The van der Waals surface area contributed by atoms with Gasteiger partial charge in [-0.25, -0.2) is 4.79 Å². The van der Waals surface area contributed by atoms with E-state index >= 15 is 0 Å². The van der Waals surface area contributed by atoms with Crippen LogP contribution >= 0.6 is 0 Å². The van der Waals surface area contributed by atoms with Crippen molar-refractivity contribution in [3.05, 3.63) is 12.2 Å². The van der Waals surface area contributed by atoms with E-state index < -0.39 is 27.4 Å². The minimum atomic E-state index is -4.19. The van der Waals surface area contributed by atoms with Crippen LogP contribution in [0.5, 0.6) is 0 Å². The third-order valence-electron chi connectivity index (χ3n) is 1.95. The van der Waals surface area contributed by atoms with Crippen molar-refractivity contribution in [3.63, 3.8) is 0 Å². The molecule has 0 aliphatic heterocycles. The Labute approximate surface area is 96.0 Å². The Bertz CT molecular complexity index is 349. The lowest BCUT2D eigenvalue weighted by molar-refractivity contribution is -0.143. The normalized spacial score (nSPS) is 14.5. The number of esters is 1. The number of carbonyl (C=O) groups is 1. The molecule has 0 aromatic heterocycles. The summed E-state index contributed by atoms with van der Waals surface area (Å²) < 4.78 is 35.5. The van der Waals surface area contributed by atoms with E-state index in [9.17, 15) is 13.2 Å². The Morgan fingerprint density at radius 1 is 1.50 bits per heavy atom. The molecule has 0 bridgehead atoms.